The topological polar surface area (TPSA) is 75.4 Å². The highest BCUT2D eigenvalue weighted by atomic mass is 16.5. The van der Waals surface area contributed by atoms with E-state index in [1.165, 1.54) is 0 Å². The lowest BCUT2D eigenvalue weighted by Crippen LogP contribution is -2.39. The zero-order valence-corrected chi connectivity index (χ0v) is 12.5. The maximum Gasteiger partial charge on any atom is 0.227 e. The van der Waals surface area contributed by atoms with Gasteiger partial charge in [0.2, 0.25) is 11.8 Å². The summed E-state index contributed by atoms with van der Waals surface area (Å²) in [5.74, 6) is 1.31. The fourth-order valence-corrected chi connectivity index (χ4v) is 3.35. The molecule has 6 nitrogen and oxygen atoms in total. The van der Waals surface area contributed by atoms with Gasteiger partial charge in [-0.05, 0) is 32.6 Å². The van der Waals surface area contributed by atoms with Gasteiger partial charge in [0.05, 0.1) is 18.2 Å². The normalized spacial score (nSPS) is 25.4. The van der Waals surface area contributed by atoms with Crippen molar-refractivity contribution < 1.29 is 14.1 Å². The molecule has 114 valence electrons. The number of hydrogen-bond acceptors (Lipinski definition) is 4. The van der Waals surface area contributed by atoms with E-state index in [0.29, 0.717) is 31.1 Å². The van der Waals surface area contributed by atoms with Crippen LogP contribution in [-0.2, 0) is 16.0 Å². The Hall–Kier alpha value is -1.85. The Labute approximate surface area is 123 Å². The summed E-state index contributed by atoms with van der Waals surface area (Å²) >= 11 is 0. The Morgan fingerprint density at radius 3 is 2.95 bits per heavy atom. The molecule has 0 spiro atoms. The Bertz CT molecular complexity index is 547. The van der Waals surface area contributed by atoms with Gasteiger partial charge >= 0.3 is 0 Å². The number of aryl methyl sites for hydroxylation is 2. The number of likely N-dealkylation sites (tertiary alicyclic amines) is 1. The molecule has 0 radical (unpaired) electrons. The lowest BCUT2D eigenvalue weighted by Gasteiger charge is -2.17. The molecule has 0 bridgehead atoms. The molecule has 1 aromatic heterocycles. The van der Waals surface area contributed by atoms with Gasteiger partial charge in [0, 0.05) is 25.1 Å². The van der Waals surface area contributed by atoms with Crippen molar-refractivity contribution in [2.45, 2.75) is 45.6 Å². The molecular weight excluding hydrogens is 270 g/mol. The van der Waals surface area contributed by atoms with Crippen LogP contribution in [0.25, 0.3) is 0 Å². The average molecular weight is 291 g/mol. The summed E-state index contributed by atoms with van der Waals surface area (Å²) in [6.07, 6.45) is 2.87. The molecular formula is C15H21N3O3. The first-order chi connectivity index (χ1) is 10.0. The third-order valence-corrected chi connectivity index (χ3v) is 4.63. The molecule has 2 fully saturated rings. The van der Waals surface area contributed by atoms with Gasteiger partial charge in [-0.25, -0.2) is 0 Å². The smallest absolute Gasteiger partial charge is 0.227 e. The second-order valence-corrected chi connectivity index (χ2v) is 6.10. The highest BCUT2D eigenvalue weighted by molar-refractivity contribution is 5.80. The van der Waals surface area contributed by atoms with E-state index in [2.05, 4.69) is 10.5 Å². The van der Waals surface area contributed by atoms with Crippen LogP contribution in [0, 0.1) is 19.8 Å². The third-order valence-electron chi connectivity index (χ3n) is 4.63. The van der Waals surface area contributed by atoms with Crippen molar-refractivity contribution in [3.05, 3.63) is 17.0 Å². The number of carbonyl (C=O) groups excluding carboxylic acids is 2. The second-order valence-electron chi connectivity index (χ2n) is 6.10. The molecule has 0 aromatic carbocycles. The molecule has 6 heteroatoms. The van der Waals surface area contributed by atoms with Crippen LogP contribution in [0.3, 0.4) is 0 Å². The largest absolute Gasteiger partial charge is 0.361 e. The van der Waals surface area contributed by atoms with Crippen molar-refractivity contribution in [3.8, 4) is 0 Å². The van der Waals surface area contributed by atoms with E-state index in [1.54, 1.807) is 0 Å². The average Bonchev–Trinajstić information content (AvgIpc) is 2.92. The fraction of sp³-hybridized carbons (Fsp3) is 0.667. The van der Waals surface area contributed by atoms with Crippen LogP contribution in [0.15, 0.2) is 4.52 Å². The van der Waals surface area contributed by atoms with Crippen LogP contribution in [-0.4, -0.2) is 41.0 Å². The summed E-state index contributed by atoms with van der Waals surface area (Å²) in [4.78, 5) is 26.0. The van der Waals surface area contributed by atoms with Gasteiger partial charge in [-0.15, -0.1) is 0 Å². The molecule has 3 heterocycles. The Kier molecular flexibility index (Phi) is 3.69. The van der Waals surface area contributed by atoms with Gasteiger partial charge in [-0.3, -0.25) is 9.59 Å². The van der Waals surface area contributed by atoms with E-state index in [0.717, 1.165) is 30.6 Å². The maximum absolute atomic E-state index is 12.5. The monoisotopic (exact) mass is 291 g/mol. The lowest BCUT2D eigenvalue weighted by molar-refractivity contribution is -0.130. The highest BCUT2D eigenvalue weighted by Crippen LogP contribution is 2.26. The summed E-state index contributed by atoms with van der Waals surface area (Å²) in [6.45, 7) is 5.05. The first kappa shape index (κ1) is 14.1. The SMILES string of the molecule is Cc1noc(C)c1CC(=O)N1C[C@H]2CCCC(=O)N[C@H]2C1. The Morgan fingerprint density at radius 2 is 2.24 bits per heavy atom. The van der Waals surface area contributed by atoms with Gasteiger partial charge in [0.25, 0.3) is 0 Å². The van der Waals surface area contributed by atoms with Gasteiger partial charge in [0.1, 0.15) is 5.76 Å². The summed E-state index contributed by atoms with van der Waals surface area (Å²) in [7, 11) is 0. The van der Waals surface area contributed by atoms with E-state index >= 15 is 0 Å². The van der Waals surface area contributed by atoms with Crippen molar-refractivity contribution in [1.82, 2.24) is 15.4 Å². The minimum Gasteiger partial charge on any atom is -0.361 e. The van der Waals surface area contributed by atoms with Crippen LogP contribution >= 0.6 is 0 Å². The van der Waals surface area contributed by atoms with Crippen molar-refractivity contribution in [1.29, 1.82) is 0 Å². The second kappa shape index (κ2) is 5.50. The van der Waals surface area contributed by atoms with Gasteiger partial charge in [0.15, 0.2) is 0 Å². The minimum atomic E-state index is 0.0896. The van der Waals surface area contributed by atoms with Gasteiger partial charge < -0.3 is 14.7 Å². The van der Waals surface area contributed by atoms with Crippen LogP contribution in [0.1, 0.15) is 36.3 Å². The predicted molar refractivity (Wildman–Crippen MR) is 75.5 cm³/mol. The van der Waals surface area contributed by atoms with E-state index in [9.17, 15) is 9.59 Å². The summed E-state index contributed by atoms with van der Waals surface area (Å²) in [6, 6.07) is 0.119. The number of nitrogens with zero attached hydrogens (tertiary/aromatic N) is 2. The predicted octanol–water partition coefficient (Wildman–Crippen LogP) is 0.961. The van der Waals surface area contributed by atoms with Crippen molar-refractivity contribution in [2.24, 2.45) is 5.92 Å². The van der Waals surface area contributed by atoms with Gasteiger partial charge in [-0.2, -0.15) is 0 Å². The number of aromatic nitrogens is 1. The number of fused-ring (bicyclic) bond motifs is 1. The Balaban J connectivity index is 1.66. The third kappa shape index (κ3) is 2.80. The molecule has 2 atom stereocenters. The molecule has 21 heavy (non-hydrogen) atoms. The molecule has 1 N–H and O–H groups in total. The number of amides is 2. The number of nitrogens with one attached hydrogen (secondary N) is 1. The first-order valence-corrected chi connectivity index (χ1v) is 7.53. The zero-order chi connectivity index (χ0) is 15.0. The van der Waals surface area contributed by atoms with E-state index in [-0.39, 0.29) is 17.9 Å². The van der Waals surface area contributed by atoms with Crippen molar-refractivity contribution in [2.75, 3.05) is 13.1 Å². The zero-order valence-electron chi connectivity index (χ0n) is 12.5. The van der Waals surface area contributed by atoms with Crippen LogP contribution in [0.4, 0.5) is 0 Å². The molecule has 0 aliphatic carbocycles. The Morgan fingerprint density at radius 1 is 1.43 bits per heavy atom. The van der Waals surface area contributed by atoms with E-state index in [4.69, 9.17) is 4.52 Å². The molecule has 2 aliphatic rings. The van der Waals surface area contributed by atoms with Crippen LogP contribution in [0.2, 0.25) is 0 Å². The molecule has 1 aromatic rings. The molecule has 0 saturated carbocycles. The standard InChI is InChI=1S/C15H21N3O3/c1-9-12(10(2)21-17-9)6-15(20)18-7-11-4-3-5-14(19)16-13(11)8-18/h11,13H,3-8H2,1-2H3,(H,16,19)/t11-,13+/m1/s1. The van der Waals surface area contributed by atoms with Crippen molar-refractivity contribution in [3.63, 3.8) is 0 Å². The summed E-state index contributed by atoms with van der Waals surface area (Å²) in [5.41, 5.74) is 1.67. The number of hydrogen-bond donors (Lipinski definition) is 1. The molecule has 2 saturated heterocycles. The quantitative estimate of drug-likeness (QED) is 0.880. The van der Waals surface area contributed by atoms with E-state index < -0.39 is 0 Å². The molecule has 2 amide bonds. The summed E-state index contributed by atoms with van der Waals surface area (Å²) in [5, 5.41) is 6.93. The molecule has 3 rings (SSSR count). The summed E-state index contributed by atoms with van der Waals surface area (Å²) < 4.78 is 5.11. The highest BCUT2D eigenvalue weighted by Gasteiger charge is 2.37. The van der Waals surface area contributed by atoms with Crippen molar-refractivity contribution >= 4 is 11.8 Å². The van der Waals surface area contributed by atoms with Gasteiger partial charge in [-0.1, -0.05) is 5.16 Å². The van der Waals surface area contributed by atoms with Crippen LogP contribution < -0.4 is 5.32 Å². The maximum atomic E-state index is 12.5. The number of rotatable bonds is 2. The number of carbonyl (C=O) groups is 2. The van der Waals surface area contributed by atoms with Crippen LogP contribution in [0.5, 0.6) is 0 Å². The minimum absolute atomic E-state index is 0.0896. The lowest BCUT2D eigenvalue weighted by atomic mass is 9.99. The van der Waals surface area contributed by atoms with E-state index in [1.807, 2.05) is 18.7 Å². The molecule has 0 unspecified atom stereocenters. The molecule has 2 aliphatic heterocycles. The fourth-order valence-electron chi connectivity index (χ4n) is 3.35. The first-order valence-electron chi connectivity index (χ1n) is 7.53.